The number of para-hydroxylation sites is 1. The maximum Gasteiger partial charge on any atom is 0.269 e. The predicted molar refractivity (Wildman–Crippen MR) is 83.6 cm³/mol. The number of halogens is 1. The molecule has 0 bridgehead atoms. The Hall–Kier alpha value is -1.52. The number of aliphatic hydroxyl groups is 1. The molecule has 0 unspecified atom stereocenters. The first-order valence-electron chi connectivity index (χ1n) is 7.28. The first-order chi connectivity index (χ1) is 10.1. The van der Waals surface area contributed by atoms with Gasteiger partial charge in [0.15, 0.2) is 0 Å². The average Bonchev–Trinajstić information content (AvgIpc) is 3.00. The quantitative estimate of drug-likeness (QED) is 0.916. The van der Waals surface area contributed by atoms with Crippen LogP contribution < -0.4 is 5.32 Å². The van der Waals surface area contributed by atoms with Crippen molar-refractivity contribution in [1.29, 1.82) is 0 Å². The van der Waals surface area contributed by atoms with Gasteiger partial charge in [0.25, 0.3) is 5.91 Å². The highest BCUT2D eigenvalue weighted by atomic mass is 35.5. The van der Waals surface area contributed by atoms with Gasteiger partial charge in [0.2, 0.25) is 0 Å². The number of aromatic nitrogens is 1. The lowest BCUT2D eigenvalue weighted by Gasteiger charge is -2.15. The number of amides is 1. The zero-order chi connectivity index (χ0) is 15.0. The Balaban J connectivity index is 1.81. The molecule has 1 saturated carbocycles. The van der Waals surface area contributed by atoms with Crippen molar-refractivity contribution in [1.82, 2.24) is 9.88 Å². The van der Waals surface area contributed by atoms with Gasteiger partial charge in [-0.15, -0.1) is 0 Å². The second-order valence-electron chi connectivity index (χ2n) is 5.71. The Labute approximate surface area is 128 Å². The van der Waals surface area contributed by atoms with Crippen molar-refractivity contribution in [3.63, 3.8) is 0 Å². The van der Waals surface area contributed by atoms with E-state index in [0.717, 1.165) is 30.2 Å². The monoisotopic (exact) mass is 306 g/mol. The zero-order valence-electron chi connectivity index (χ0n) is 12.0. The molecule has 1 aliphatic carbocycles. The second kappa shape index (κ2) is 5.70. The van der Waals surface area contributed by atoms with E-state index >= 15 is 0 Å². The molecule has 1 heterocycles. The summed E-state index contributed by atoms with van der Waals surface area (Å²) in [6.07, 6.45) is 2.52. The number of fused-ring (bicyclic) bond motifs is 1. The van der Waals surface area contributed by atoms with Crippen molar-refractivity contribution in [2.75, 3.05) is 6.54 Å². The van der Waals surface area contributed by atoms with Crippen LogP contribution in [0.25, 0.3) is 10.9 Å². The smallest absolute Gasteiger partial charge is 0.269 e. The molecule has 0 radical (unpaired) electrons. The normalized spacial score (nSPS) is 21.9. The van der Waals surface area contributed by atoms with E-state index in [9.17, 15) is 9.90 Å². The summed E-state index contributed by atoms with van der Waals surface area (Å²) in [6.45, 7) is 0.498. The maximum atomic E-state index is 12.4. The van der Waals surface area contributed by atoms with Crippen LogP contribution in [-0.2, 0) is 7.05 Å². The highest BCUT2D eigenvalue weighted by Crippen LogP contribution is 2.30. The molecule has 5 heteroatoms. The molecule has 2 atom stereocenters. The summed E-state index contributed by atoms with van der Waals surface area (Å²) in [5, 5.41) is 14.1. The molecule has 0 aliphatic heterocycles. The van der Waals surface area contributed by atoms with Crippen LogP contribution in [0.5, 0.6) is 0 Å². The minimum atomic E-state index is -0.298. The van der Waals surface area contributed by atoms with Crippen molar-refractivity contribution in [3.05, 3.63) is 35.0 Å². The summed E-state index contributed by atoms with van der Waals surface area (Å²) in [5.74, 6) is -0.0276. The van der Waals surface area contributed by atoms with Crippen molar-refractivity contribution >= 4 is 28.4 Å². The van der Waals surface area contributed by atoms with Gasteiger partial charge in [-0.25, -0.2) is 0 Å². The Kier molecular flexibility index (Phi) is 3.91. The van der Waals surface area contributed by atoms with Crippen LogP contribution in [0.3, 0.4) is 0 Å². The van der Waals surface area contributed by atoms with Gasteiger partial charge in [-0.3, -0.25) is 4.79 Å². The molecule has 1 aromatic carbocycles. The number of carbonyl (C=O) groups is 1. The van der Waals surface area contributed by atoms with Crippen molar-refractivity contribution in [3.8, 4) is 0 Å². The molecule has 1 aliphatic rings. The summed E-state index contributed by atoms with van der Waals surface area (Å²) in [6, 6.07) is 7.69. The highest BCUT2D eigenvalue weighted by molar-refractivity contribution is 6.38. The fourth-order valence-corrected chi connectivity index (χ4v) is 3.53. The third-order valence-corrected chi connectivity index (χ3v) is 4.79. The fourth-order valence-electron chi connectivity index (χ4n) is 3.16. The van der Waals surface area contributed by atoms with Crippen LogP contribution in [0.15, 0.2) is 24.3 Å². The lowest BCUT2D eigenvalue weighted by atomic mass is 10.1. The standard InChI is InChI=1S/C16H19ClN2O2/c1-19-12-7-3-2-6-11(12)14(17)15(19)16(21)18-9-10-5-4-8-13(10)20/h2-3,6-7,10,13,20H,4-5,8-9H2,1H3,(H,18,21)/t10-,13+/m1/s1. The van der Waals surface area contributed by atoms with Crippen LogP contribution in [-0.4, -0.2) is 28.2 Å². The predicted octanol–water partition coefficient (Wildman–Crippen LogP) is 2.72. The molecule has 2 aromatic rings. The lowest BCUT2D eigenvalue weighted by molar-refractivity contribution is 0.0909. The zero-order valence-corrected chi connectivity index (χ0v) is 12.7. The third-order valence-electron chi connectivity index (χ3n) is 4.40. The number of hydrogen-bond donors (Lipinski definition) is 2. The first kappa shape index (κ1) is 14.4. The molecule has 4 nitrogen and oxygen atoms in total. The van der Waals surface area contributed by atoms with E-state index in [0.29, 0.717) is 17.3 Å². The van der Waals surface area contributed by atoms with E-state index in [-0.39, 0.29) is 17.9 Å². The fraction of sp³-hybridized carbons (Fsp3) is 0.438. The van der Waals surface area contributed by atoms with Gasteiger partial charge in [0, 0.05) is 30.4 Å². The largest absolute Gasteiger partial charge is 0.393 e. The van der Waals surface area contributed by atoms with Gasteiger partial charge < -0.3 is 15.0 Å². The summed E-state index contributed by atoms with van der Waals surface area (Å²) in [5.41, 5.74) is 1.42. The summed E-state index contributed by atoms with van der Waals surface area (Å²) < 4.78 is 1.82. The minimum Gasteiger partial charge on any atom is -0.393 e. The van der Waals surface area contributed by atoms with Gasteiger partial charge in [0.05, 0.1) is 11.1 Å². The highest BCUT2D eigenvalue weighted by Gasteiger charge is 2.26. The third kappa shape index (κ3) is 2.54. The van der Waals surface area contributed by atoms with Gasteiger partial charge in [-0.2, -0.15) is 0 Å². The summed E-state index contributed by atoms with van der Waals surface area (Å²) in [7, 11) is 1.84. The Bertz CT molecular complexity index is 641. The molecule has 21 heavy (non-hydrogen) atoms. The SMILES string of the molecule is Cn1c(C(=O)NC[C@H]2CCC[C@@H]2O)c(Cl)c2ccccc21. The van der Waals surface area contributed by atoms with Gasteiger partial charge in [-0.1, -0.05) is 36.2 Å². The molecule has 1 amide bonds. The molecule has 2 N–H and O–H groups in total. The molecule has 0 saturated heterocycles. The number of benzene rings is 1. The van der Waals surface area contributed by atoms with E-state index in [1.165, 1.54) is 0 Å². The van der Waals surface area contributed by atoms with Crippen molar-refractivity contribution in [2.45, 2.75) is 25.4 Å². The summed E-state index contributed by atoms with van der Waals surface area (Å²) in [4.78, 5) is 12.4. The molecule has 1 fully saturated rings. The Morgan fingerprint density at radius 2 is 2.19 bits per heavy atom. The van der Waals surface area contributed by atoms with Gasteiger partial charge >= 0.3 is 0 Å². The van der Waals surface area contributed by atoms with Crippen LogP contribution in [0.2, 0.25) is 5.02 Å². The molecule has 0 spiro atoms. The van der Waals surface area contributed by atoms with Crippen molar-refractivity contribution in [2.24, 2.45) is 13.0 Å². The lowest BCUT2D eigenvalue weighted by Crippen LogP contribution is -2.33. The summed E-state index contributed by atoms with van der Waals surface area (Å²) >= 11 is 6.35. The van der Waals surface area contributed by atoms with Gasteiger partial charge in [0.1, 0.15) is 5.69 Å². The average molecular weight is 307 g/mol. The number of nitrogens with zero attached hydrogens (tertiary/aromatic N) is 1. The molecular formula is C16H19ClN2O2. The topological polar surface area (TPSA) is 54.3 Å². The Morgan fingerprint density at radius 1 is 1.43 bits per heavy atom. The van der Waals surface area contributed by atoms with E-state index in [1.54, 1.807) is 0 Å². The van der Waals surface area contributed by atoms with Crippen LogP contribution in [0, 0.1) is 5.92 Å². The number of carbonyl (C=O) groups excluding carboxylic acids is 1. The Morgan fingerprint density at radius 3 is 2.86 bits per heavy atom. The number of nitrogens with one attached hydrogen (secondary N) is 1. The van der Waals surface area contributed by atoms with Crippen LogP contribution >= 0.6 is 11.6 Å². The van der Waals surface area contributed by atoms with E-state index in [1.807, 2.05) is 35.9 Å². The van der Waals surface area contributed by atoms with E-state index in [4.69, 9.17) is 11.6 Å². The molecule has 3 rings (SSSR count). The van der Waals surface area contributed by atoms with E-state index in [2.05, 4.69) is 5.32 Å². The van der Waals surface area contributed by atoms with Crippen LogP contribution in [0.1, 0.15) is 29.8 Å². The number of rotatable bonds is 3. The van der Waals surface area contributed by atoms with Gasteiger partial charge in [-0.05, 0) is 18.9 Å². The molecule has 112 valence electrons. The maximum absolute atomic E-state index is 12.4. The van der Waals surface area contributed by atoms with Crippen molar-refractivity contribution < 1.29 is 9.90 Å². The number of aryl methyl sites for hydroxylation is 1. The second-order valence-corrected chi connectivity index (χ2v) is 6.09. The van der Waals surface area contributed by atoms with E-state index < -0.39 is 0 Å². The first-order valence-corrected chi connectivity index (χ1v) is 7.66. The number of aliphatic hydroxyl groups excluding tert-OH is 1. The molecule has 1 aromatic heterocycles. The minimum absolute atomic E-state index is 0.155. The molecular weight excluding hydrogens is 288 g/mol. The number of hydrogen-bond acceptors (Lipinski definition) is 2. The van der Waals surface area contributed by atoms with Crippen LogP contribution in [0.4, 0.5) is 0 Å².